The molecule has 0 amide bonds. The van der Waals surface area contributed by atoms with Crippen LogP contribution in [0.3, 0.4) is 0 Å². The van der Waals surface area contributed by atoms with Crippen LogP contribution in [0.1, 0.15) is 17.9 Å². The molecule has 0 aliphatic heterocycles. The Morgan fingerprint density at radius 1 is 1.21 bits per heavy atom. The van der Waals surface area contributed by atoms with E-state index in [9.17, 15) is 13.2 Å². The highest BCUT2D eigenvalue weighted by Crippen LogP contribution is 2.14. The maximum Gasteiger partial charge on any atom is 0.321 e. The molecule has 3 rings (SSSR count). The third kappa shape index (κ3) is 5.93. The van der Waals surface area contributed by atoms with Crippen molar-refractivity contribution in [3.63, 3.8) is 0 Å². The Labute approximate surface area is 168 Å². The van der Waals surface area contributed by atoms with Gasteiger partial charge in [-0.05, 0) is 37.6 Å². The van der Waals surface area contributed by atoms with Gasteiger partial charge in [0.2, 0.25) is 21.7 Å². The molecule has 0 atom stereocenters. The highest BCUT2D eigenvalue weighted by Gasteiger charge is 2.16. The molecular formula is C19H20N4O5S. The second kappa shape index (κ2) is 9.39. The van der Waals surface area contributed by atoms with E-state index in [4.69, 9.17) is 9.26 Å². The van der Waals surface area contributed by atoms with E-state index in [1.54, 1.807) is 30.6 Å². The number of aromatic nitrogens is 3. The first-order chi connectivity index (χ1) is 13.9. The van der Waals surface area contributed by atoms with E-state index in [-0.39, 0.29) is 11.5 Å². The molecule has 0 spiro atoms. The molecule has 3 aromatic rings. The van der Waals surface area contributed by atoms with Crippen LogP contribution in [0, 0.1) is 6.92 Å². The summed E-state index contributed by atoms with van der Waals surface area (Å²) < 4.78 is 36.7. The summed E-state index contributed by atoms with van der Waals surface area (Å²) in [6.45, 7) is 1.52. The number of nitrogens with zero attached hydrogens (tertiary/aromatic N) is 3. The van der Waals surface area contributed by atoms with Gasteiger partial charge in [0.25, 0.3) is 0 Å². The van der Waals surface area contributed by atoms with Gasteiger partial charge in [-0.2, -0.15) is 9.71 Å². The molecule has 152 valence electrons. The minimum absolute atomic E-state index is 0.0942. The summed E-state index contributed by atoms with van der Waals surface area (Å²) in [7, 11) is -3.76. The zero-order valence-electron chi connectivity index (χ0n) is 15.7. The molecule has 2 aromatic heterocycles. The van der Waals surface area contributed by atoms with E-state index in [0.29, 0.717) is 24.6 Å². The van der Waals surface area contributed by atoms with Crippen molar-refractivity contribution in [1.29, 1.82) is 0 Å². The number of carbonyl (C=O) groups is 1. The molecule has 2 heterocycles. The molecule has 0 radical (unpaired) electrons. The summed E-state index contributed by atoms with van der Waals surface area (Å²) in [5, 5.41) is 3.88. The number of rotatable bonds is 9. The van der Waals surface area contributed by atoms with Crippen LogP contribution < -0.4 is 4.72 Å². The summed E-state index contributed by atoms with van der Waals surface area (Å²) in [5.41, 5.74) is 1.69. The summed E-state index contributed by atoms with van der Waals surface area (Å²) in [5.74, 6) is 0.192. The second-order valence-corrected chi connectivity index (χ2v) is 7.98. The fourth-order valence-corrected chi connectivity index (χ4v) is 3.35. The predicted octanol–water partition coefficient (Wildman–Crippen LogP) is 1.89. The van der Waals surface area contributed by atoms with E-state index in [1.807, 2.05) is 13.0 Å². The van der Waals surface area contributed by atoms with Gasteiger partial charge in [-0.1, -0.05) is 22.9 Å². The van der Waals surface area contributed by atoms with E-state index >= 15 is 0 Å². The largest absolute Gasteiger partial charge is 0.465 e. The third-order valence-corrected chi connectivity index (χ3v) is 5.34. The minimum Gasteiger partial charge on any atom is -0.465 e. The number of sulfonamides is 1. The highest BCUT2D eigenvalue weighted by atomic mass is 32.2. The smallest absolute Gasteiger partial charge is 0.321 e. The van der Waals surface area contributed by atoms with Gasteiger partial charge in [0, 0.05) is 24.4 Å². The van der Waals surface area contributed by atoms with Gasteiger partial charge in [-0.15, -0.1) is 0 Å². The fourth-order valence-electron chi connectivity index (χ4n) is 2.38. The molecule has 0 unspecified atom stereocenters. The van der Waals surface area contributed by atoms with Gasteiger partial charge < -0.3 is 9.26 Å². The van der Waals surface area contributed by atoms with Crippen molar-refractivity contribution in [2.24, 2.45) is 0 Å². The molecule has 1 N–H and O–H groups in total. The Kier molecular flexibility index (Phi) is 6.68. The van der Waals surface area contributed by atoms with Gasteiger partial charge >= 0.3 is 5.97 Å². The topological polar surface area (TPSA) is 124 Å². The zero-order valence-corrected chi connectivity index (χ0v) is 16.6. The SMILES string of the molecule is Cc1ccc(S(=O)(=O)NCC(=O)OCCCc2nc(-c3cccnc3)no2)cc1. The van der Waals surface area contributed by atoms with Crippen molar-refractivity contribution in [2.75, 3.05) is 13.2 Å². The highest BCUT2D eigenvalue weighted by molar-refractivity contribution is 7.89. The quantitative estimate of drug-likeness (QED) is 0.414. The van der Waals surface area contributed by atoms with Gasteiger partial charge in [-0.25, -0.2) is 8.42 Å². The normalized spacial score (nSPS) is 11.3. The fraction of sp³-hybridized carbons (Fsp3) is 0.263. The Balaban J connectivity index is 1.39. The van der Waals surface area contributed by atoms with Gasteiger partial charge in [-0.3, -0.25) is 9.78 Å². The molecule has 1 aromatic carbocycles. The first kappa shape index (κ1) is 20.6. The third-order valence-electron chi connectivity index (χ3n) is 3.92. The molecule has 0 bridgehead atoms. The van der Waals surface area contributed by atoms with E-state index in [2.05, 4.69) is 19.8 Å². The molecular weight excluding hydrogens is 396 g/mol. The number of nitrogens with one attached hydrogen (secondary N) is 1. The van der Waals surface area contributed by atoms with Crippen molar-refractivity contribution >= 4 is 16.0 Å². The van der Waals surface area contributed by atoms with Gasteiger partial charge in [0.15, 0.2) is 0 Å². The Hall–Kier alpha value is -3.11. The maximum absolute atomic E-state index is 12.1. The van der Waals surface area contributed by atoms with Crippen LogP contribution in [-0.4, -0.2) is 42.7 Å². The summed E-state index contributed by atoms with van der Waals surface area (Å²) in [6, 6.07) is 9.92. The van der Waals surface area contributed by atoms with Crippen LogP contribution in [0.4, 0.5) is 0 Å². The lowest BCUT2D eigenvalue weighted by Gasteiger charge is -2.07. The molecule has 0 saturated heterocycles. The maximum atomic E-state index is 12.1. The number of esters is 1. The van der Waals surface area contributed by atoms with E-state index < -0.39 is 22.5 Å². The standard InChI is InChI=1S/C19H20N4O5S/c1-14-6-8-16(9-7-14)29(25,26)21-13-18(24)27-11-3-5-17-22-19(23-28-17)15-4-2-10-20-12-15/h2,4,6-10,12,21H,3,5,11,13H2,1H3. The number of hydrogen-bond acceptors (Lipinski definition) is 8. The van der Waals surface area contributed by atoms with E-state index in [1.165, 1.54) is 12.1 Å². The average molecular weight is 416 g/mol. The van der Waals surface area contributed by atoms with Crippen LogP contribution in [0.5, 0.6) is 0 Å². The van der Waals surface area contributed by atoms with E-state index in [0.717, 1.165) is 11.1 Å². The summed E-state index contributed by atoms with van der Waals surface area (Å²) in [4.78, 5) is 20.1. The van der Waals surface area contributed by atoms with Crippen LogP contribution in [0.25, 0.3) is 11.4 Å². The van der Waals surface area contributed by atoms with Crippen molar-refractivity contribution in [1.82, 2.24) is 19.8 Å². The molecule has 0 fully saturated rings. The lowest BCUT2D eigenvalue weighted by atomic mass is 10.2. The van der Waals surface area contributed by atoms with Crippen molar-refractivity contribution in [3.8, 4) is 11.4 Å². The first-order valence-corrected chi connectivity index (χ1v) is 10.4. The lowest BCUT2D eigenvalue weighted by Crippen LogP contribution is -2.30. The monoisotopic (exact) mass is 416 g/mol. The van der Waals surface area contributed by atoms with Gasteiger partial charge in [0.05, 0.1) is 11.5 Å². The zero-order chi connectivity index (χ0) is 20.7. The first-order valence-electron chi connectivity index (χ1n) is 8.89. The number of benzene rings is 1. The van der Waals surface area contributed by atoms with Crippen molar-refractivity contribution in [2.45, 2.75) is 24.7 Å². The molecule has 9 nitrogen and oxygen atoms in total. The van der Waals surface area contributed by atoms with Crippen LogP contribution in [-0.2, 0) is 26.0 Å². The lowest BCUT2D eigenvalue weighted by molar-refractivity contribution is -0.142. The summed E-state index contributed by atoms with van der Waals surface area (Å²) in [6.07, 6.45) is 4.18. The molecule has 0 saturated carbocycles. The number of aryl methyl sites for hydroxylation is 2. The Morgan fingerprint density at radius 3 is 2.72 bits per heavy atom. The molecule has 29 heavy (non-hydrogen) atoms. The van der Waals surface area contributed by atoms with Gasteiger partial charge in [0.1, 0.15) is 6.54 Å². The van der Waals surface area contributed by atoms with Crippen LogP contribution >= 0.6 is 0 Å². The number of carbonyl (C=O) groups excluding carboxylic acids is 1. The number of pyridine rings is 1. The summed E-state index contributed by atoms with van der Waals surface area (Å²) >= 11 is 0. The van der Waals surface area contributed by atoms with Crippen molar-refractivity contribution in [3.05, 3.63) is 60.2 Å². The van der Waals surface area contributed by atoms with Crippen LogP contribution in [0.2, 0.25) is 0 Å². The molecule has 0 aliphatic carbocycles. The minimum atomic E-state index is -3.76. The number of hydrogen-bond donors (Lipinski definition) is 1. The second-order valence-electron chi connectivity index (χ2n) is 6.22. The average Bonchev–Trinajstić information content (AvgIpc) is 3.20. The predicted molar refractivity (Wildman–Crippen MR) is 103 cm³/mol. The molecule has 10 heteroatoms. The number of ether oxygens (including phenoxy) is 1. The Bertz CT molecular complexity index is 1050. The molecule has 0 aliphatic rings. The van der Waals surface area contributed by atoms with Crippen molar-refractivity contribution < 1.29 is 22.5 Å². The Morgan fingerprint density at radius 2 is 2.00 bits per heavy atom. The van der Waals surface area contributed by atoms with Crippen LogP contribution in [0.15, 0.2) is 58.2 Å².